The molecule has 0 fully saturated rings. The molecule has 2 aromatic carbocycles. The molecule has 0 radical (unpaired) electrons. The summed E-state index contributed by atoms with van der Waals surface area (Å²) in [5.74, 6) is 0.508. The van der Waals surface area contributed by atoms with E-state index in [0.29, 0.717) is 28.7 Å². The van der Waals surface area contributed by atoms with Crippen LogP contribution in [0.15, 0.2) is 70.5 Å². The molecule has 0 saturated carbocycles. The van der Waals surface area contributed by atoms with Crippen LogP contribution in [0.2, 0.25) is 0 Å². The fourth-order valence-corrected chi connectivity index (χ4v) is 3.58. The molecule has 0 bridgehead atoms. The van der Waals surface area contributed by atoms with Gasteiger partial charge in [0.15, 0.2) is 0 Å². The van der Waals surface area contributed by atoms with Gasteiger partial charge in [0, 0.05) is 17.2 Å². The molecule has 0 atom stereocenters. The Morgan fingerprint density at radius 3 is 2.73 bits per heavy atom. The third kappa shape index (κ3) is 3.09. The van der Waals surface area contributed by atoms with Crippen molar-refractivity contribution in [3.63, 3.8) is 0 Å². The Hall–Kier alpha value is -3.06. The highest BCUT2D eigenvalue weighted by Crippen LogP contribution is 2.16. The van der Waals surface area contributed by atoms with Gasteiger partial charge in [-0.3, -0.25) is 9.59 Å². The van der Waals surface area contributed by atoms with E-state index in [9.17, 15) is 9.59 Å². The lowest BCUT2D eigenvalue weighted by Crippen LogP contribution is -2.26. The molecule has 26 heavy (non-hydrogen) atoms. The molecule has 1 amide bonds. The molecule has 0 aliphatic heterocycles. The molecule has 7 heteroatoms. The second-order valence-corrected chi connectivity index (χ2v) is 6.88. The molecule has 2 N–H and O–H groups in total. The van der Waals surface area contributed by atoms with Crippen molar-refractivity contribution in [3.05, 3.63) is 76.7 Å². The van der Waals surface area contributed by atoms with E-state index in [-0.39, 0.29) is 11.5 Å². The van der Waals surface area contributed by atoms with Crippen molar-refractivity contribution in [2.45, 2.75) is 4.90 Å². The summed E-state index contributed by atoms with van der Waals surface area (Å²) in [6.07, 6.45) is 1.48. The van der Waals surface area contributed by atoms with E-state index in [4.69, 9.17) is 0 Å². The molecule has 4 rings (SSSR count). The highest BCUT2D eigenvalue weighted by Gasteiger charge is 2.15. The Bertz CT molecular complexity index is 1130. The van der Waals surface area contributed by atoms with Crippen LogP contribution >= 0.6 is 11.8 Å². The summed E-state index contributed by atoms with van der Waals surface area (Å²) >= 11 is 1.67. The minimum atomic E-state index is -0.250. The van der Waals surface area contributed by atoms with Crippen molar-refractivity contribution in [2.24, 2.45) is 0 Å². The second-order valence-electron chi connectivity index (χ2n) is 5.71. The third-order valence-electron chi connectivity index (χ3n) is 4.02. The van der Waals surface area contributed by atoms with E-state index in [1.54, 1.807) is 28.4 Å². The van der Waals surface area contributed by atoms with Gasteiger partial charge < -0.3 is 10.3 Å². The second kappa shape index (κ2) is 7.05. The van der Waals surface area contributed by atoms with Gasteiger partial charge in [0.25, 0.3) is 11.5 Å². The Labute approximate surface area is 153 Å². The largest absolute Gasteiger partial charge is 0.351 e. The number of carbonyl (C=O) groups excluding carboxylic acids is 1. The Kier molecular flexibility index (Phi) is 4.45. The lowest BCUT2D eigenvalue weighted by molar-refractivity contribution is 0.0957. The van der Waals surface area contributed by atoms with E-state index in [1.807, 2.05) is 42.5 Å². The summed E-state index contributed by atoms with van der Waals surface area (Å²) in [7, 11) is 0. The predicted molar refractivity (Wildman–Crippen MR) is 103 cm³/mol. The number of amides is 1. The number of para-hydroxylation sites is 1. The number of H-pyrrole nitrogens is 1. The molecule has 0 aliphatic carbocycles. The van der Waals surface area contributed by atoms with Crippen LogP contribution < -0.4 is 10.9 Å². The van der Waals surface area contributed by atoms with Crippen LogP contribution in [0.1, 0.15) is 10.4 Å². The molecule has 4 aromatic rings. The smallest absolute Gasteiger partial charge is 0.259 e. The number of rotatable bonds is 5. The van der Waals surface area contributed by atoms with Crippen molar-refractivity contribution in [1.29, 1.82) is 0 Å². The average Bonchev–Trinajstić information content (AvgIpc) is 3.10. The molecule has 0 unspecified atom stereocenters. The number of carbonyl (C=O) groups is 1. The molecular formula is C19H16N4O2S. The third-order valence-corrected chi connectivity index (χ3v) is 5.04. The molecular weight excluding hydrogens is 348 g/mol. The SMILES string of the molecule is O=C(NCCSc1ccccc1)c1cnn2c1[nH]c(=O)c1ccccc12. The standard InChI is InChI=1S/C19H16N4O2S/c24-18(20-10-11-26-13-6-2-1-3-7-13)15-12-21-23-16-9-5-4-8-14(16)19(25)22-17(15)23/h1-9,12H,10-11H2,(H,20,24)(H,22,25). The summed E-state index contributed by atoms with van der Waals surface area (Å²) in [6, 6.07) is 17.2. The number of fused-ring (bicyclic) bond motifs is 3. The molecule has 0 spiro atoms. The normalized spacial score (nSPS) is 11.1. The molecule has 130 valence electrons. The van der Waals surface area contributed by atoms with E-state index in [0.717, 1.165) is 10.6 Å². The highest BCUT2D eigenvalue weighted by molar-refractivity contribution is 7.99. The minimum Gasteiger partial charge on any atom is -0.351 e. The molecule has 2 aromatic heterocycles. The number of thioether (sulfide) groups is 1. The van der Waals surface area contributed by atoms with Crippen LogP contribution in [-0.4, -0.2) is 32.8 Å². The lowest BCUT2D eigenvalue weighted by Gasteiger charge is -2.05. The summed E-state index contributed by atoms with van der Waals surface area (Å²) in [6.45, 7) is 0.521. The Morgan fingerprint density at radius 1 is 1.12 bits per heavy atom. The van der Waals surface area contributed by atoms with Crippen molar-refractivity contribution < 1.29 is 4.79 Å². The van der Waals surface area contributed by atoms with E-state index in [2.05, 4.69) is 15.4 Å². The first-order chi connectivity index (χ1) is 12.7. The van der Waals surface area contributed by atoms with Crippen LogP contribution in [0.5, 0.6) is 0 Å². The van der Waals surface area contributed by atoms with Crippen LogP contribution in [0, 0.1) is 0 Å². The van der Waals surface area contributed by atoms with Gasteiger partial charge in [-0.1, -0.05) is 30.3 Å². The van der Waals surface area contributed by atoms with Crippen molar-refractivity contribution in [1.82, 2.24) is 19.9 Å². The predicted octanol–water partition coefficient (Wildman–Crippen LogP) is 2.70. The van der Waals surface area contributed by atoms with Gasteiger partial charge in [-0.15, -0.1) is 11.8 Å². The molecule has 0 aliphatic rings. The number of nitrogens with one attached hydrogen (secondary N) is 2. The van der Waals surface area contributed by atoms with E-state index < -0.39 is 0 Å². The fraction of sp³-hybridized carbons (Fsp3) is 0.105. The zero-order valence-electron chi connectivity index (χ0n) is 13.8. The van der Waals surface area contributed by atoms with Crippen molar-refractivity contribution in [3.8, 4) is 0 Å². The van der Waals surface area contributed by atoms with Crippen LogP contribution in [-0.2, 0) is 0 Å². The lowest BCUT2D eigenvalue weighted by atomic mass is 10.2. The van der Waals surface area contributed by atoms with E-state index >= 15 is 0 Å². The first-order valence-corrected chi connectivity index (χ1v) is 9.17. The van der Waals surface area contributed by atoms with Crippen LogP contribution in [0.25, 0.3) is 16.6 Å². The van der Waals surface area contributed by atoms with Gasteiger partial charge in [-0.05, 0) is 24.3 Å². The van der Waals surface area contributed by atoms with Gasteiger partial charge in [0.2, 0.25) is 0 Å². The maximum Gasteiger partial charge on any atom is 0.259 e. The molecule has 6 nitrogen and oxygen atoms in total. The van der Waals surface area contributed by atoms with Crippen molar-refractivity contribution in [2.75, 3.05) is 12.3 Å². The van der Waals surface area contributed by atoms with Gasteiger partial charge in [0.1, 0.15) is 11.2 Å². The number of hydrogen-bond acceptors (Lipinski definition) is 4. The average molecular weight is 364 g/mol. The number of nitrogens with zero attached hydrogens (tertiary/aromatic N) is 2. The zero-order valence-corrected chi connectivity index (χ0v) is 14.6. The van der Waals surface area contributed by atoms with E-state index in [1.165, 1.54) is 6.20 Å². The quantitative estimate of drug-likeness (QED) is 0.422. The summed E-state index contributed by atoms with van der Waals surface area (Å²) < 4.78 is 1.59. The summed E-state index contributed by atoms with van der Waals surface area (Å²) in [5.41, 5.74) is 1.20. The van der Waals surface area contributed by atoms with Crippen LogP contribution in [0.3, 0.4) is 0 Å². The number of benzene rings is 2. The first kappa shape index (κ1) is 16.4. The highest BCUT2D eigenvalue weighted by atomic mass is 32.2. The van der Waals surface area contributed by atoms with Crippen molar-refractivity contribution >= 4 is 34.2 Å². The Balaban J connectivity index is 1.51. The minimum absolute atomic E-state index is 0.234. The Morgan fingerprint density at radius 2 is 1.88 bits per heavy atom. The maximum atomic E-state index is 12.5. The summed E-state index contributed by atoms with van der Waals surface area (Å²) in [4.78, 5) is 28.7. The van der Waals surface area contributed by atoms with Crippen LogP contribution in [0.4, 0.5) is 0 Å². The number of aromatic amines is 1. The van der Waals surface area contributed by atoms with Gasteiger partial charge >= 0.3 is 0 Å². The van der Waals surface area contributed by atoms with Gasteiger partial charge in [-0.2, -0.15) is 5.10 Å². The monoisotopic (exact) mass is 364 g/mol. The fourth-order valence-electron chi connectivity index (χ4n) is 2.79. The number of aromatic nitrogens is 3. The zero-order chi connectivity index (χ0) is 17.9. The molecule has 2 heterocycles. The summed E-state index contributed by atoms with van der Waals surface area (Å²) in [5, 5.41) is 7.68. The number of hydrogen-bond donors (Lipinski definition) is 2. The van der Waals surface area contributed by atoms with Gasteiger partial charge in [0.05, 0.1) is 17.1 Å². The molecule has 0 saturated heterocycles. The van der Waals surface area contributed by atoms with Gasteiger partial charge in [-0.25, -0.2) is 4.52 Å². The maximum absolute atomic E-state index is 12.5. The topological polar surface area (TPSA) is 79.3 Å². The first-order valence-electron chi connectivity index (χ1n) is 8.19.